The van der Waals surface area contributed by atoms with Crippen molar-refractivity contribution in [2.45, 2.75) is 50.7 Å². The predicted molar refractivity (Wildman–Crippen MR) is 127 cm³/mol. The summed E-state index contributed by atoms with van der Waals surface area (Å²) in [5.41, 5.74) is 0.764. The van der Waals surface area contributed by atoms with Gasteiger partial charge in [-0.2, -0.15) is 11.8 Å². The fourth-order valence-corrected chi connectivity index (χ4v) is 6.10. The van der Waals surface area contributed by atoms with Crippen molar-refractivity contribution in [2.24, 2.45) is 5.92 Å². The molecule has 2 aliphatic rings. The van der Waals surface area contributed by atoms with Crippen molar-refractivity contribution in [2.75, 3.05) is 30.2 Å². The highest BCUT2D eigenvalue weighted by atomic mass is 32.2. The van der Waals surface area contributed by atoms with E-state index in [1.165, 1.54) is 39.2 Å². The maximum absolute atomic E-state index is 12.9. The average Bonchev–Trinajstić information content (AvgIpc) is 3.33. The lowest BCUT2D eigenvalue weighted by Gasteiger charge is -2.23. The van der Waals surface area contributed by atoms with Gasteiger partial charge in [0.15, 0.2) is 11.5 Å². The molecule has 1 saturated heterocycles. The summed E-state index contributed by atoms with van der Waals surface area (Å²) in [6.45, 7) is 0.271. The monoisotopic (exact) mass is 467 g/mol. The lowest BCUT2D eigenvalue weighted by Crippen LogP contribution is -2.53. The highest BCUT2D eigenvalue weighted by Gasteiger charge is 2.28. The largest absolute Gasteiger partial charge is 0.504 e. The number of amides is 2. The first-order valence-electron chi connectivity index (χ1n) is 10.9. The van der Waals surface area contributed by atoms with Crippen molar-refractivity contribution in [1.29, 1.82) is 0 Å². The summed E-state index contributed by atoms with van der Waals surface area (Å²) in [5, 5.41) is 18.9. The van der Waals surface area contributed by atoms with E-state index in [4.69, 9.17) is 4.74 Å². The zero-order valence-corrected chi connectivity index (χ0v) is 19.7. The topological polar surface area (TPSA) is 99.7 Å². The van der Waals surface area contributed by atoms with Gasteiger partial charge in [-0.25, -0.2) is 0 Å². The molecule has 0 bridgehead atoms. The molecular formula is C22H33N3O4S2. The minimum absolute atomic E-state index is 0.0342. The normalized spacial score (nSPS) is 20.2. The Kier molecular flexibility index (Phi) is 9.67. The number of ether oxygens (including phenoxy) is 1. The number of thioether (sulfide) groups is 2. The molecule has 172 valence electrons. The first kappa shape index (κ1) is 24.1. The van der Waals surface area contributed by atoms with Crippen LogP contribution >= 0.6 is 23.5 Å². The van der Waals surface area contributed by atoms with Gasteiger partial charge >= 0.3 is 0 Å². The molecule has 3 rings (SSSR count). The Morgan fingerprint density at radius 1 is 1.32 bits per heavy atom. The second-order valence-electron chi connectivity index (χ2n) is 8.10. The van der Waals surface area contributed by atoms with Crippen LogP contribution in [0.3, 0.4) is 0 Å². The molecular weight excluding hydrogens is 434 g/mol. The number of carbonyl (C=O) groups is 2. The first-order chi connectivity index (χ1) is 15.1. The number of phenols is 1. The molecule has 1 aromatic rings. The highest BCUT2D eigenvalue weighted by molar-refractivity contribution is 7.99. The van der Waals surface area contributed by atoms with E-state index in [2.05, 4.69) is 16.0 Å². The second-order valence-corrected chi connectivity index (χ2v) is 10.2. The number of hydrogen-bond acceptors (Lipinski definition) is 7. The molecule has 1 heterocycles. The van der Waals surface area contributed by atoms with Crippen molar-refractivity contribution in [3.05, 3.63) is 23.8 Å². The number of nitrogens with one attached hydrogen (secondary N) is 3. The van der Waals surface area contributed by atoms with Crippen LogP contribution in [0.4, 0.5) is 0 Å². The zero-order chi connectivity index (χ0) is 22.1. The van der Waals surface area contributed by atoms with E-state index in [-0.39, 0.29) is 30.2 Å². The van der Waals surface area contributed by atoms with Crippen LogP contribution in [0.1, 0.15) is 37.7 Å². The molecule has 1 aromatic carbocycles. The van der Waals surface area contributed by atoms with Crippen LogP contribution in [0, 0.1) is 5.92 Å². The predicted octanol–water partition coefficient (Wildman–Crippen LogP) is 2.48. The Bertz CT molecular complexity index is 737. The van der Waals surface area contributed by atoms with Gasteiger partial charge in [-0.15, -0.1) is 11.8 Å². The van der Waals surface area contributed by atoms with E-state index < -0.39 is 6.04 Å². The Morgan fingerprint density at radius 3 is 2.81 bits per heavy atom. The smallest absolute Gasteiger partial charge is 0.243 e. The lowest BCUT2D eigenvalue weighted by atomic mass is 9.91. The third kappa shape index (κ3) is 7.50. The van der Waals surface area contributed by atoms with Gasteiger partial charge in [0.25, 0.3) is 0 Å². The standard InChI is InChI=1S/C22H33N3O4S2/c1-29-20-8-7-16(9-19(20)26)10-23-21(27)18(25-22(28)17-12-31-14-24-17)13-30-11-15-5-3-2-4-6-15/h7-9,15,17-18,24,26H,2-6,10-14H2,1H3,(H,23,27)(H,25,28)/t17-,18?/m0/s1. The number of hydrogen-bond donors (Lipinski definition) is 4. The molecule has 1 saturated carbocycles. The Balaban J connectivity index is 1.54. The van der Waals surface area contributed by atoms with Crippen molar-refractivity contribution in [3.8, 4) is 11.5 Å². The fraction of sp³-hybridized carbons (Fsp3) is 0.636. The number of benzene rings is 1. The molecule has 1 aliphatic heterocycles. The molecule has 2 fully saturated rings. The Morgan fingerprint density at radius 2 is 2.13 bits per heavy atom. The third-order valence-electron chi connectivity index (χ3n) is 5.74. The maximum atomic E-state index is 12.9. The molecule has 1 unspecified atom stereocenters. The molecule has 31 heavy (non-hydrogen) atoms. The molecule has 0 radical (unpaired) electrons. The molecule has 2 amide bonds. The molecule has 2 atom stereocenters. The van der Waals surface area contributed by atoms with E-state index >= 15 is 0 Å². The van der Waals surface area contributed by atoms with Crippen molar-refractivity contribution < 1.29 is 19.4 Å². The minimum atomic E-state index is -0.583. The Labute approximate surface area is 192 Å². The summed E-state index contributed by atoms with van der Waals surface area (Å²) < 4.78 is 5.06. The Hall–Kier alpha value is -1.58. The van der Waals surface area contributed by atoms with Gasteiger partial charge in [0.05, 0.1) is 13.2 Å². The summed E-state index contributed by atoms with van der Waals surface area (Å²) >= 11 is 3.43. The molecule has 0 aromatic heterocycles. The molecule has 0 spiro atoms. The van der Waals surface area contributed by atoms with Crippen LogP contribution in [0.25, 0.3) is 0 Å². The number of rotatable bonds is 10. The summed E-state index contributed by atoms with van der Waals surface area (Å²) in [4.78, 5) is 25.5. The van der Waals surface area contributed by atoms with Gasteiger partial charge < -0.3 is 20.5 Å². The SMILES string of the molecule is COc1ccc(CNC(=O)C(CSCC2CCCCC2)NC(=O)[C@@H]2CSCN2)cc1O. The maximum Gasteiger partial charge on any atom is 0.243 e. The van der Waals surface area contributed by atoms with E-state index in [0.717, 1.165) is 22.9 Å². The number of phenolic OH excluding ortho intramolecular Hbond substituents is 1. The van der Waals surface area contributed by atoms with Crippen LogP contribution in [-0.4, -0.2) is 59.2 Å². The molecule has 7 nitrogen and oxygen atoms in total. The summed E-state index contributed by atoms with van der Waals surface area (Å²) in [7, 11) is 1.49. The van der Waals surface area contributed by atoms with Crippen molar-refractivity contribution in [1.82, 2.24) is 16.0 Å². The lowest BCUT2D eigenvalue weighted by molar-refractivity contribution is -0.129. The van der Waals surface area contributed by atoms with Crippen LogP contribution < -0.4 is 20.7 Å². The number of carbonyl (C=O) groups excluding carboxylic acids is 2. The van der Waals surface area contributed by atoms with Crippen LogP contribution in [0.15, 0.2) is 18.2 Å². The van der Waals surface area contributed by atoms with Gasteiger partial charge in [0.1, 0.15) is 6.04 Å². The molecule has 4 N–H and O–H groups in total. The van der Waals surface area contributed by atoms with E-state index in [1.54, 1.807) is 41.7 Å². The van der Waals surface area contributed by atoms with Gasteiger partial charge in [0.2, 0.25) is 11.8 Å². The van der Waals surface area contributed by atoms with Crippen molar-refractivity contribution >= 4 is 35.3 Å². The second kappa shape index (κ2) is 12.5. The summed E-state index contributed by atoms with van der Waals surface area (Å²) in [6, 6.07) is 4.20. The van der Waals surface area contributed by atoms with Gasteiger partial charge in [-0.1, -0.05) is 25.3 Å². The van der Waals surface area contributed by atoms with E-state index in [1.807, 2.05) is 0 Å². The molecule has 9 heteroatoms. The van der Waals surface area contributed by atoms with Gasteiger partial charge in [-0.05, 0) is 42.2 Å². The minimum Gasteiger partial charge on any atom is -0.504 e. The quantitative estimate of drug-likeness (QED) is 0.419. The van der Waals surface area contributed by atoms with E-state index in [9.17, 15) is 14.7 Å². The van der Waals surface area contributed by atoms with Crippen molar-refractivity contribution in [3.63, 3.8) is 0 Å². The van der Waals surface area contributed by atoms with Crippen LogP contribution in [0.5, 0.6) is 11.5 Å². The molecule has 1 aliphatic carbocycles. The first-order valence-corrected chi connectivity index (χ1v) is 13.2. The van der Waals surface area contributed by atoms with Crippen LogP contribution in [0.2, 0.25) is 0 Å². The van der Waals surface area contributed by atoms with Gasteiger partial charge in [0, 0.05) is 23.9 Å². The number of methoxy groups -OCH3 is 1. The fourth-order valence-electron chi connectivity index (χ4n) is 3.88. The highest BCUT2D eigenvalue weighted by Crippen LogP contribution is 2.27. The average molecular weight is 468 g/mol. The number of aromatic hydroxyl groups is 1. The third-order valence-corrected chi connectivity index (χ3v) is 7.95. The van der Waals surface area contributed by atoms with Gasteiger partial charge in [-0.3, -0.25) is 14.9 Å². The summed E-state index contributed by atoms with van der Waals surface area (Å²) in [6.07, 6.45) is 6.45. The zero-order valence-electron chi connectivity index (χ0n) is 18.0. The summed E-state index contributed by atoms with van der Waals surface area (Å²) in [5.74, 6) is 3.88. The van der Waals surface area contributed by atoms with E-state index in [0.29, 0.717) is 17.4 Å². The van der Waals surface area contributed by atoms with Crippen LogP contribution in [-0.2, 0) is 16.1 Å².